The number of hydrogen-bond acceptors (Lipinski definition) is 2. The Morgan fingerprint density at radius 1 is 1.14 bits per heavy atom. The van der Waals surface area contributed by atoms with Gasteiger partial charge in [-0.2, -0.15) is 11.8 Å². The fourth-order valence-corrected chi connectivity index (χ4v) is 4.69. The molecule has 0 aliphatic heterocycles. The Bertz CT molecular complexity index is 351. The highest BCUT2D eigenvalue weighted by Crippen LogP contribution is 2.48. The molecule has 3 rings (SSSR count). The van der Waals surface area contributed by atoms with E-state index in [2.05, 4.69) is 21.9 Å². The summed E-state index contributed by atoms with van der Waals surface area (Å²) >= 11 is 2.03. The van der Waals surface area contributed by atoms with Crippen molar-refractivity contribution in [2.75, 3.05) is 19.8 Å². The molecule has 0 saturated heterocycles. The zero-order chi connectivity index (χ0) is 14.7. The van der Waals surface area contributed by atoms with Gasteiger partial charge < -0.3 is 10.6 Å². The van der Waals surface area contributed by atoms with Crippen LogP contribution in [0.4, 0.5) is 0 Å². The molecule has 2 N–H and O–H groups in total. The maximum absolute atomic E-state index is 4.45. The number of rotatable bonds is 6. The largest absolute Gasteiger partial charge is 0.356 e. The van der Waals surface area contributed by atoms with Crippen LogP contribution in [0.15, 0.2) is 4.99 Å². The summed E-state index contributed by atoms with van der Waals surface area (Å²) in [7, 11) is 1.91. The number of nitrogens with zero attached hydrogens (tertiary/aromatic N) is 1. The number of hydrogen-bond donors (Lipinski definition) is 2. The van der Waals surface area contributed by atoms with Crippen LogP contribution in [0, 0.1) is 17.8 Å². The molecule has 2 atom stereocenters. The number of guanidine groups is 1. The van der Waals surface area contributed by atoms with E-state index in [-0.39, 0.29) is 0 Å². The van der Waals surface area contributed by atoms with E-state index in [1.165, 1.54) is 51.4 Å². The first-order valence-electron chi connectivity index (χ1n) is 8.80. The average Bonchev–Trinajstić information content (AvgIpc) is 3.39. The topological polar surface area (TPSA) is 36.4 Å². The van der Waals surface area contributed by atoms with Crippen molar-refractivity contribution in [3.8, 4) is 0 Å². The van der Waals surface area contributed by atoms with E-state index in [0.717, 1.165) is 35.5 Å². The van der Waals surface area contributed by atoms with Gasteiger partial charge >= 0.3 is 0 Å². The molecule has 3 saturated carbocycles. The van der Waals surface area contributed by atoms with E-state index >= 15 is 0 Å². The Kier molecular flexibility index (Phi) is 5.36. The van der Waals surface area contributed by atoms with Gasteiger partial charge in [-0.3, -0.25) is 4.99 Å². The monoisotopic (exact) mass is 309 g/mol. The van der Waals surface area contributed by atoms with Crippen LogP contribution in [0.3, 0.4) is 0 Å². The molecular weight excluding hydrogens is 278 g/mol. The number of aliphatic imine (C=N–C) groups is 1. The van der Waals surface area contributed by atoms with Gasteiger partial charge in [0.2, 0.25) is 0 Å². The zero-order valence-electron chi connectivity index (χ0n) is 13.6. The quantitative estimate of drug-likeness (QED) is 0.584. The van der Waals surface area contributed by atoms with Crippen LogP contribution in [0.5, 0.6) is 0 Å². The molecule has 0 aromatic carbocycles. The van der Waals surface area contributed by atoms with Crippen LogP contribution in [-0.4, -0.2) is 37.1 Å². The van der Waals surface area contributed by atoms with E-state index in [1.54, 1.807) is 0 Å². The fraction of sp³-hybridized carbons (Fsp3) is 0.941. The summed E-state index contributed by atoms with van der Waals surface area (Å²) in [4.78, 5) is 4.45. The highest BCUT2D eigenvalue weighted by Gasteiger charge is 2.41. The van der Waals surface area contributed by atoms with Crippen LogP contribution in [-0.2, 0) is 0 Å². The van der Waals surface area contributed by atoms with Crippen molar-refractivity contribution < 1.29 is 0 Å². The number of nitrogens with one attached hydrogen (secondary N) is 2. The normalized spacial score (nSPS) is 30.5. The Balaban J connectivity index is 1.44. The number of thioether (sulfide) groups is 1. The van der Waals surface area contributed by atoms with Gasteiger partial charge in [-0.05, 0) is 69.0 Å². The molecule has 0 amide bonds. The van der Waals surface area contributed by atoms with Crippen molar-refractivity contribution in [1.82, 2.24) is 10.6 Å². The third-order valence-corrected chi connectivity index (χ3v) is 6.58. The Labute approximate surface area is 134 Å². The summed E-state index contributed by atoms with van der Waals surface area (Å²) < 4.78 is 0. The lowest BCUT2D eigenvalue weighted by molar-refractivity contribution is 0.391. The molecule has 2 unspecified atom stereocenters. The van der Waals surface area contributed by atoms with Crippen molar-refractivity contribution >= 4 is 17.7 Å². The van der Waals surface area contributed by atoms with E-state index in [0.29, 0.717) is 6.04 Å². The maximum atomic E-state index is 4.45. The van der Waals surface area contributed by atoms with E-state index < -0.39 is 0 Å². The van der Waals surface area contributed by atoms with Gasteiger partial charge in [0.1, 0.15) is 0 Å². The van der Waals surface area contributed by atoms with Crippen molar-refractivity contribution in [1.29, 1.82) is 0 Å². The third kappa shape index (κ3) is 4.54. The minimum Gasteiger partial charge on any atom is -0.356 e. The van der Waals surface area contributed by atoms with Gasteiger partial charge in [0.25, 0.3) is 0 Å². The smallest absolute Gasteiger partial charge is 0.191 e. The first-order valence-corrected chi connectivity index (χ1v) is 10.1. The van der Waals surface area contributed by atoms with Crippen molar-refractivity contribution in [2.45, 2.75) is 62.7 Å². The molecule has 0 spiro atoms. The minimum absolute atomic E-state index is 0.614. The summed E-state index contributed by atoms with van der Waals surface area (Å²) in [6.07, 6.45) is 13.4. The predicted molar refractivity (Wildman–Crippen MR) is 93.0 cm³/mol. The summed E-state index contributed by atoms with van der Waals surface area (Å²) in [6.45, 7) is 1.13. The van der Waals surface area contributed by atoms with Gasteiger partial charge in [0.15, 0.2) is 5.96 Å². The second-order valence-corrected chi connectivity index (χ2v) is 8.30. The average molecular weight is 310 g/mol. The lowest BCUT2D eigenvalue weighted by atomic mass is 9.95. The molecule has 0 aromatic rings. The van der Waals surface area contributed by atoms with Gasteiger partial charge in [0, 0.05) is 24.9 Å². The molecule has 120 valence electrons. The summed E-state index contributed by atoms with van der Waals surface area (Å²) in [6, 6.07) is 0.614. The lowest BCUT2D eigenvalue weighted by Crippen LogP contribution is -2.47. The molecule has 3 aliphatic carbocycles. The van der Waals surface area contributed by atoms with Crippen LogP contribution in [0.2, 0.25) is 0 Å². The van der Waals surface area contributed by atoms with Gasteiger partial charge in [0.05, 0.1) is 0 Å². The van der Waals surface area contributed by atoms with Gasteiger partial charge in [-0.1, -0.05) is 6.42 Å². The molecule has 0 radical (unpaired) electrons. The van der Waals surface area contributed by atoms with E-state index in [1.807, 2.05) is 18.8 Å². The molecule has 3 nitrogen and oxygen atoms in total. The highest BCUT2D eigenvalue weighted by molar-refractivity contribution is 7.99. The Hall–Kier alpha value is -0.380. The molecule has 21 heavy (non-hydrogen) atoms. The van der Waals surface area contributed by atoms with Gasteiger partial charge in [-0.15, -0.1) is 0 Å². The summed E-state index contributed by atoms with van der Waals surface area (Å²) in [5, 5.41) is 8.13. The van der Waals surface area contributed by atoms with Crippen LogP contribution in [0.25, 0.3) is 0 Å². The molecule has 0 heterocycles. The fourth-order valence-electron chi connectivity index (χ4n) is 3.86. The molecule has 4 heteroatoms. The van der Waals surface area contributed by atoms with E-state index in [9.17, 15) is 0 Å². The second-order valence-electron chi connectivity index (χ2n) is 7.16. The standard InChI is InChI=1S/C17H31N3S/c1-18-17(20-14-4-3-5-15(10-14)21-2)19-11-16(12-6-7-12)13-8-9-13/h12-16H,3-11H2,1-2H3,(H2,18,19,20). The summed E-state index contributed by atoms with van der Waals surface area (Å²) in [5.74, 6) is 3.97. The first-order chi connectivity index (χ1) is 10.3. The Morgan fingerprint density at radius 2 is 1.86 bits per heavy atom. The first kappa shape index (κ1) is 15.5. The maximum Gasteiger partial charge on any atom is 0.191 e. The van der Waals surface area contributed by atoms with Crippen molar-refractivity contribution in [2.24, 2.45) is 22.7 Å². The van der Waals surface area contributed by atoms with Crippen molar-refractivity contribution in [3.63, 3.8) is 0 Å². The molecule has 0 bridgehead atoms. The second kappa shape index (κ2) is 7.26. The minimum atomic E-state index is 0.614. The summed E-state index contributed by atoms with van der Waals surface area (Å²) in [5.41, 5.74) is 0. The van der Waals surface area contributed by atoms with Gasteiger partial charge in [-0.25, -0.2) is 0 Å². The Morgan fingerprint density at radius 3 is 2.43 bits per heavy atom. The SMILES string of the molecule is CN=C(NCC(C1CC1)C1CC1)NC1CCCC(SC)C1. The third-order valence-electron chi connectivity index (χ3n) is 5.48. The molecule has 3 fully saturated rings. The predicted octanol–water partition coefficient (Wildman–Crippen LogP) is 3.26. The van der Waals surface area contributed by atoms with E-state index in [4.69, 9.17) is 0 Å². The molecule has 3 aliphatic rings. The molecular formula is C17H31N3S. The molecule has 0 aromatic heterocycles. The lowest BCUT2D eigenvalue weighted by Gasteiger charge is -2.30. The van der Waals surface area contributed by atoms with Crippen LogP contribution < -0.4 is 10.6 Å². The van der Waals surface area contributed by atoms with Crippen molar-refractivity contribution in [3.05, 3.63) is 0 Å². The van der Waals surface area contributed by atoms with Crippen LogP contribution >= 0.6 is 11.8 Å². The highest BCUT2D eigenvalue weighted by atomic mass is 32.2. The van der Waals surface area contributed by atoms with Crippen LogP contribution in [0.1, 0.15) is 51.4 Å². The zero-order valence-corrected chi connectivity index (χ0v) is 14.4.